The van der Waals surface area contributed by atoms with Crippen LogP contribution in [0.15, 0.2) is 66.0 Å². The molecule has 1 aliphatic carbocycles. The van der Waals surface area contributed by atoms with Gasteiger partial charge >= 0.3 is 0 Å². The number of rotatable bonds is 3. The first-order chi connectivity index (χ1) is 17.6. The number of aromatic nitrogens is 3. The Morgan fingerprint density at radius 3 is 2.44 bits per heavy atom. The number of hydrogen-bond donors (Lipinski definition) is 1. The van der Waals surface area contributed by atoms with E-state index in [1.807, 2.05) is 36.4 Å². The maximum Gasteiger partial charge on any atom is 0.261 e. The molecule has 182 valence electrons. The highest BCUT2D eigenvalue weighted by molar-refractivity contribution is 6.11. The number of anilines is 1. The molecule has 1 saturated carbocycles. The first-order valence-electron chi connectivity index (χ1n) is 12.8. The summed E-state index contributed by atoms with van der Waals surface area (Å²) in [4.78, 5) is 24.9. The molecule has 0 radical (unpaired) electrons. The van der Waals surface area contributed by atoms with Gasteiger partial charge in [-0.3, -0.25) is 14.3 Å². The van der Waals surface area contributed by atoms with Crippen molar-refractivity contribution in [1.82, 2.24) is 14.5 Å². The molecule has 7 heteroatoms. The first-order valence-corrected chi connectivity index (χ1v) is 12.8. The van der Waals surface area contributed by atoms with E-state index in [0.29, 0.717) is 43.3 Å². The summed E-state index contributed by atoms with van der Waals surface area (Å²) in [6.45, 7) is 1.42. The van der Waals surface area contributed by atoms with Crippen LogP contribution in [0.4, 0.5) is 5.69 Å². The van der Waals surface area contributed by atoms with Crippen LogP contribution in [0, 0.1) is 11.3 Å². The van der Waals surface area contributed by atoms with Crippen molar-refractivity contribution in [3.05, 3.63) is 77.1 Å². The third-order valence-electron chi connectivity index (χ3n) is 8.23. The number of benzene rings is 2. The second-order valence-corrected chi connectivity index (χ2v) is 10.1. The lowest BCUT2D eigenvalue weighted by Gasteiger charge is -2.39. The molecule has 2 aromatic heterocycles. The van der Waals surface area contributed by atoms with Crippen molar-refractivity contribution in [2.24, 2.45) is 0 Å². The normalized spacial score (nSPS) is 21.9. The van der Waals surface area contributed by atoms with Gasteiger partial charge in [-0.2, -0.15) is 5.26 Å². The number of aliphatic hydroxyl groups excluding tert-OH is 1. The summed E-state index contributed by atoms with van der Waals surface area (Å²) in [5.41, 5.74) is 2.08. The standard InChI is InChI=1S/C29H29N5O2/c30-18-29(20-9-13-31-14-10-20)11-15-33(16-12-29)25-17-23-27(22-6-2-1-5-21(22)25)32-19-34(28(23)36)24-7-3-4-8-26(24)35/h1-2,5-6,9-10,13-14,17,19,24,26,35H,3-4,7-8,11-12,15-16H2/t24-,26-/m0/s1. The molecule has 0 bridgehead atoms. The second-order valence-electron chi connectivity index (χ2n) is 10.1. The van der Waals surface area contributed by atoms with Gasteiger partial charge in [0.15, 0.2) is 0 Å². The lowest BCUT2D eigenvalue weighted by atomic mass is 9.74. The van der Waals surface area contributed by atoms with E-state index in [2.05, 4.69) is 22.0 Å². The number of piperidine rings is 1. The van der Waals surface area contributed by atoms with E-state index >= 15 is 0 Å². The lowest BCUT2D eigenvalue weighted by molar-refractivity contribution is 0.0735. The van der Waals surface area contributed by atoms with Gasteiger partial charge in [0, 0.05) is 41.9 Å². The zero-order valence-corrected chi connectivity index (χ0v) is 20.2. The summed E-state index contributed by atoms with van der Waals surface area (Å²) in [6, 6.07) is 16.3. The first kappa shape index (κ1) is 22.7. The predicted octanol–water partition coefficient (Wildman–Crippen LogP) is 4.48. The molecule has 7 nitrogen and oxygen atoms in total. The maximum atomic E-state index is 13.7. The smallest absolute Gasteiger partial charge is 0.261 e. The Morgan fingerprint density at radius 1 is 1.00 bits per heavy atom. The van der Waals surface area contributed by atoms with Gasteiger partial charge in [0.1, 0.15) is 0 Å². The number of hydrogen-bond acceptors (Lipinski definition) is 6. The van der Waals surface area contributed by atoms with E-state index < -0.39 is 11.5 Å². The van der Waals surface area contributed by atoms with Crippen LogP contribution < -0.4 is 10.5 Å². The number of nitriles is 1. The Labute approximate surface area is 209 Å². The fourth-order valence-electron chi connectivity index (χ4n) is 6.13. The van der Waals surface area contributed by atoms with Crippen LogP contribution in [0.3, 0.4) is 0 Å². The third-order valence-corrected chi connectivity index (χ3v) is 8.23. The van der Waals surface area contributed by atoms with Crippen LogP contribution in [0.5, 0.6) is 0 Å². The molecule has 1 aliphatic heterocycles. The van der Waals surface area contributed by atoms with Crippen molar-refractivity contribution in [1.29, 1.82) is 5.26 Å². The molecular weight excluding hydrogens is 450 g/mol. The highest BCUT2D eigenvalue weighted by Crippen LogP contribution is 2.39. The van der Waals surface area contributed by atoms with Crippen molar-refractivity contribution in [2.75, 3.05) is 18.0 Å². The average molecular weight is 480 g/mol. The molecule has 6 rings (SSSR count). The van der Waals surface area contributed by atoms with Crippen LogP contribution in [-0.4, -0.2) is 38.8 Å². The van der Waals surface area contributed by atoms with Crippen molar-refractivity contribution < 1.29 is 5.11 Å². The molecule has 2 aliphatic rings. The Bertz CT molecular complexity index is 1520. The fourth-order valence-corrected chi connectivity index (χ4v) is 6.13. The summed E-state index contributed by atoms with van der Waals surface area (Å²) in [6.07, 6.45) is 9.48. The third kappa shape index (κ3) is 3.64. The van der Waals surface area contributed by atoms with Gasteiger partial charge in [0.05, 0.1) is 40.9 Å². The van der Waals surface area contributed by atoms with Gasteiger partial charge in [-0.25, -0.2) is 4.98 Å². The zero-order valence-electron chi connectivity index (χ0n) is 20.2. The highest BCUT2D eigenvalue weighted by Gasteiger charge is 2.37. The van der Waals surface area contributed by atoms with E-state index in [1.165, 1.54) is 0 Å². The summed E-state index contributed by atoms with van der Waals surface area (Å²) >= 11 is 0. The van der Waals surface area contributed by atoms with Crippen molar-refractivity contribution in [3.63, 3.8) is 0 Å². The van der Waals surface area contributed by atoms with Crippen molar-refractivity contribution >= 4 is 27.4 Å². The Morgan fingerprint density at radius 2 is 1.72 bits per heavy atom. The minimum absolute atomic E-state index is 0.0990. The number of fused-ring (bicyclic) bond motifs is 3. The van der Waals surface area contributed by atoms with E-state index in [-0.39, 0.29) is 11.6 Å². The zero-order chi connectivity index (χ0) is 24.7. The van der Waals surface area contributed by atoms with Crippen molar-refractivity contribution in [2.45, 2.75) is 56.1 Å². The Hall–Kier alpha value is -3.76. The topological polar surface area (TPSA) is 95.0 Å². The number of pyridine rings is 1. The molecule has 4 aromatic rings. The molecule has 36 heavy (non-hydrogen) atoms. The molecule has 1 saturated heterocycles. The molecule has 0 unspecified atom stereocenters. The maximum absolute atomic E-state index is 13.7. The highest BCUT2D eigenvalue weighted by atomic mass is 16.3. The quantitative estimate of drug-likeness (QED) is 0.435. The van der Waals surface area contributed by atoms with E-state index in [9.17, 15) is 15.2 Å². The molecular formula is C29H29N5O2. The van der Waals surface area contributed by atoms with Gasteiger partial charge in [0.25, 0.3) is 5.56 Å². The van der Waals surface area contributed by atoms with Gasteiger partial charge < -0.3 is 10.0 Å². The largest absolute Gasteiger partial charge is 0.391 e. The molecule has 1 N–H and O–H groups in total. The van der Waals surface area contributed by atoms with Gasteiger partial charge in [-0.1, -0.05) is 37.1 Å². The van der Waals surface area contributed by atoms with Crippen LogP contribution in [-0.2, 0) is 5.41 Å². The molecule has 3 heterocycles. The van der Waals surface area contributed by atoms with E-state index in [4.69, 9.17) is 4.98 Å². The van der Waals surface area contributed by atoms with Gasteiger partial charge in [-0.05, 0) is 49.4 Å². The Balaban J connectivity index is 1.43. The summed E-state index contributed by atoms with van der Waals surface area (Å²) in [7, 11) is 0. The summed E-state index contributed by atoms with van der Waals surface area (Å²) in [5.74, 6) is 0. The molecule has 2 fully saturated rings. The molecule has 0 spiro atoms. The van der Waals surface area contributed by atoms with Crippen LogP contribution in [0.25, 0.3) is 21.7 Å². The van der Waals surface area contributed by atoms with E-state index in [0.717, 1.165) is 41.3 Å². The summed E-state index contributed by atoms with van der Waals surface area (Å²) < 4.78 is 1.64. The fraction of sp³-hybridized carbons (Fsp3) is 0.379. The lowest BCUT2D eigenvalue weighted by Crippen LogP contribution is -2.42. The minimum atomic E-state index is -0.530. The number of nitrogens with zero attached hydrogens (tertiary/aromatic N) is 5. The molecule has 2 atom stereocenters. The monoisotopic (exact) mass is 479 g/mol. The van der Waals surface area contributed by atoms with Crippen molar-refractivity contribution in [3.8, 4) is 6.07 Å². The summed E-state index contributed by atoms with van der Waals surface area (Å²) in [5, 5.41) is 23.3. The van der Waals surface area contributed by atoms with Crippen LogP contribution >= 0.6 is 0 Å². The van der Waals surface area contributed by atoms with Crippen LogP contribution in [0.2, 0.25) is 0 Å². The van der Waals surface area contributed by atoms with Gasteiger partial charge in [-0.15, -0.1) is 0 Å². The SMILES string of the molecule is N#CC1(c2ccncc2)CCN(c2cc3c(=O)n([C@H]4CCCC[C@@H]4O)cnc3c3ccccc23)CC1. The number of aliphatic hydroxyl groups is 1. The molecule has 2 aromatic carbocycles. The van der Waals surface area contributed by atoms with Gasteiger partial charge in [0.2, 0.25) is 0 Å². The predicted molar refractivity (Wildman–Crippen MR) is 140 cm³/mol. The minimum Gasteiger partial charge on any atom is -0.391 e. The average Bonchev–Trinajstić information content (AvgIpc) is 2.94. The Kier molecular flexibility index (Phi) is 5.69. The van der Waals surface area contributed by atoms with E-state index in [1.54, 1.807) is 23.3 Å². The molecule has 0 amide bonds. The second kappa shape index (κ2) is 9.03. The van der Waals surface area contributed by atoms with Crippen LogP contribution in [0.1, 0.15) is 50.1 Å².